The normalized spacial score (nSPS) is 10.4. The molecule has 0 unspecified atom stereocenters. The molecule has 0 amide bonds. The topological polar surface area (TPSA) is 26.0 Å². The second-order valence-electron chi connectivity index (χ2n) is 14.2. The number of halogens is 1. The number of nitrogen functional groups attached to an aromatic ring is 1. The van der Waals surface area contributed by atoms with E-state index in [0.717, 1.165) is 16.6 Å². The third kappa shape index (κ3) is 11.5. The first-order valence-electron chi connectivity index (χ1n) is 18.8. The third-order valence-corrected chi connectivity index (χ3v) is 9.78. The van der Waals surface area contributed by atoms with E-state index in [4.69, 9.17) is 5.73 Å². The van der Waals surface area contributed by atoms with Gasteiger partial charge in [0.15, 0.2) is 0 Å². The van der Waals surface area contributed by atoms with Crippen molar-refractivity contribution in [1.29, 1.82) is 0 Å². The average molecular weight is 779 g/mol. The number of aryl methyl sites for hydroxylation is 4. The van der Waals surface area contributed by atoms with Gasteiger partial charge in [0.1, 0.15) is 0 Å². The number of anilines is 1. The zero-order valence-corrected chi connectivity index (χ0v) is 33.7. The number of hydrogen-bond donors (Lipinski definition) is 1. The van der Waals surface area contributed by atoms with Crippen molar-refractivity contribution >= 4 is 21.6 Å². The lowest BCUT2D eigenvalue weighted by atomic mass is 9.95. The first-order chi connectivity index (χ1) is 26.7. The standard InChI is InChI=1S/C27H24.C18H13Br.C8H11N/c1-20-14-21(2)16-23(15-20)17-22-8-6-11-25(18-22)27-13-7-12-26(19-27)24-9-4-3-5-10-24;19-18-11-5-10-17(13-18)16-9-4-8-15(12-16)14-6-2-1-3-7-14;1-6-3-7(2)5-8(9)4-6/h3-16,18-19H,17H2,1-2H3;1-13H;3-5H,9H2,1-2H3. The van der Waals surface area contributed by atoms with E-state index in [1.807, 2.05) is 38.1 Å². The van der Waals surface area contributed by atoms with Gasteiger partial charge in [0, 0.05) is 10.2 Å². The number of nitrogens with two attached hydrogens (primary N) is 1. The summed E-state index contributed by atoms with van der Waals surface area (Å²) in [7, 11) is 0. The van der Waals surface area contributed by atoms with Gasteiger partial charge in [-0.1, -0.05) is 185 Å². The van der Waals surface area contributed by atoms with Crippen LogP contribution in [0.3, 0.4) is 0 Å². The molecule has 55 heavy (non-hydrogen) atoms. The van der Waals surface area contributed by atoms with E-state index >= 15 is 0 Å². The maximum atomic E-state index is 5.56. The summed E-state index contributed by atoms with van der Waals surface area (Å²) >= 11 is 3.52. The molecule has 0 aromatic heterocycles. The Balaban J connectivity index is 0.000000159. The zero-order chi connectivity index (χ0) is 38.6. The second-order valence-corrected chi connectivity index (χ2v) is 15.1. The molecule has 1 nitrogen and oxygen atoms in total. The van der Waals surface area contributed by atoms with Crippen LogP contribution in [0, 0.1) is 27.7 Å². The fourth-order valence-corrected chi connectivity index (χ4v) is 7.36. The van der Waals surface area contributed by atoms with Crippen LogP contribution in [0.2, 0.25) is 0 Å². The van der Waals surface area contributed by atoms with E-state index in [1.54, 1.807) is 0 Å². The molecule has 8 rings (SSSR count). The summed E-state index contributed by atoms with van der Waals surface area (Å²) in [4.78, 5) is 0. The molecule has 8 aromatic carbocycles. The Morgan fingerprint density at radius 1 is 0.327 bits per heavy atom. The van der Waals surface area contributed by atoms with Crippen molar-refractivity contribution < 1.29 is 0 Å². The van der Waals surface area contributed by atoms with Crippen molar-refractivity contribution in [2.75, 3.05) is 5.73 Å². The molecule has 0 aliphatic carbocycles. The van der Waals surface area contributed by atoms with E-state index in [2.05, 4.69) is 200 Å². The number of benzene rings is 8. The summed E-state index contributed by atoms with van der Waals surface area (Å²) in [6, 6.07) is 68.6. The van der Waals surface area contributed by atoms with Gasteiger partial charge in [0.05, 0.1) is 0 Å². The van der Waals surface area contributed by atoms with Crippen LogP contribution in [0.5, 0.6) is 0 Å². The van der Waals surface area contributed by atoms with Crippen molar-refractivity contribution in [1.82, 2.24) is 0 Å². The lowest BCUT2D eigenvalue weighted by Gasteiger charge is -2.09. The van der Waals surface area contributed by atoms with Crippen LogP contribution in [-0.4, -0.2) is 0 Å². The van der Waals surface area contributed by atoms with Gasteiger partial charge in [-0.15, -0.1) is 0 Å². The second kappa shape index (κ2) is 18.9. The van der Waals surface area contributed by atoms with Crippen LogP contribution in [0.1, 0.15) is 33.4 Å². The van der Waals surface area contributed by atoms with Crippen LogP contribution in [0.25, 0.3) is 44.5 Å². The van der Waals surface area contributed by atoms with Crippen LogP contribution in [0.4, 0.5) is 5.69 Å². The van der Waals surface area contributed by atoms with Gasteiger partial charge in [-0.25, -0.2) is 0 Å². The first kappa shape index (κ1) is 38.8. The van der Waals surface area contributed by atoms with Crippen molar-refractivity contribution in [3.63, 3.8) is 0 Å². The zero-order valence-electron chi connectivity index (χ0n) is 32.1. The third-order valence-electron chi connectivity index (χ3n) is 9.29. The molecular weight excluding hydrogens is 730 g/mol. The highest BCUT2D eigenvalue weighted by Crippen LogP contribution is 2.29. The SMILES string of the molecule is Brc1cccc(-c2cccc(-c3ccccc3)c2)c1.Cc1cc(C)cc(Cc2cccc(-c3cccc(-c4ccccc4)c3)c2)c1.Cc1cc(C)cc(N)c1. The molecule has 0 spiro atoms. The fraction of sp³-hybridized carbons (Fsp3) is 0.0943. The predicted molar refractivity (Wildman–Crippen MR) is 241 cm³/mol. The van der Waals surface area contributed by atoms with Gasteiger partial charge >= 0.3 is 0 Å². The lowest BCUT2D eigenvalue weighted by molar-refractivity contribution is 1.17. The predicted octanol–water partition coefficient (Wildman–Crippen LogP) is 14.9. The van der Waals surface area contributed by atoms with Crippen LogP contribution in [0.15, 0.2) is 199 Å². The number of hydrogen-bond acceptors (Lipinski definition) is 1. The molecule has 0 saturated heterocycles. The van der Waals surface area contributed by atoms with Gasteiger partial charge in [0.25, 0.3) is 0 Å². The quantitative estimate of drug-likeness (QED) is 0.167. The summed E-state index contributed by atoms with van der Waals surface area (Å²) in [5.41, 5.74) is 24.3. The maximum Gasteiger partial charge on any atom is 0.0319 e. The molecule has 0 heterocycles. The Hall–Kier alpha value is -5.96. The maximum absolute atomic E-state index is 5.56. The molecule has 0 radical (unpaired) electrons. The van der Waals surface area contributed by atoms with Crippen molar-refractivity contribution in [3.8, 4) is 44.5 Å². The van der Waals surface area contributed by atoms with E-state index in [1.165, 1.54) is 77.9 Å². The molecule has 272 valence electrons. The minimum Gasteiger partial charge on any atom is -0.399 e. The summed E-state index contributed by atoms with van der Waals surface area (Å²) in [5, 5.41) is 0. The molecular formula is C53H48BrN. The molecule has 0 bridgehead atoms. The summed E-state index contributed by atoms with van der Waals surface area (Å²) in [6.45, 7) is 8.43. The Kier molecular flexibility index (Phi) is 13.3. The van der Waals surface area contributed by atoms with Crippen molar-refractivity contribution in [3.05, 3.63) is 232 Å². The summed E-state index contributed by atoms with van der Waals surface area (Å²) in [5.74, 6) is 0. The first-order valence-corrected chi connectivity index (χ1v) is 19.5. The molecule has 2 heteroatoms. The molecule has 0 saturated carbocycles. The highest BCUT2D eigenvalue weighted by Gasteiger charge is 2.05. The number of rotatable bonds is 6. The van der Waals surface area contributed by atoms with E-state index in [0.29, 0.717) is 0 Å². The molecule has 0 aliphatic heterocycles. The minimum absolute atomic E-state index is 0.854. The van der Waals surface area contributed by atoms with Gasteiger partial charge in [-0.05, 0) is 137 Å². The molecule has 2 N–H and O–H groups in total. The van der Waals surface area contributed by atoms with Gasteiger partial charge in [-0.2, -0.15) is 0 Å². The van der Waals surface area contributed by atoms with Gasteiger partial charge in [-0.3, -0.25) is 0 Å². The van der Waals surface area contributed by atoms with Gasteiger partial charge < -0.3 is 5.73 Å². The minimum atomic E-state index is 0.854. The smallest absolute Gasteiger partial charge is 0.0319 e. The van der Waals surface area contributed by atoms with Gasteiger partial charge in [0.2, 0.25) is 0 Å². The Labute approximate surface area is 336 Å². The Morgan fingerprint density at radius 2 is 0.691 bits per heavy atom. The largest absolute Gasteiger partial charge is 0.399 e. The lowest BCUT2D eigenvalue weighted by Crippen LogP contribution is -1.91. The van der Waals surface area contributed by atoms with Crippen molar-refractivity contribution in [2.45, 2.75) is 34.1 Å². The Morgan fingerprint density at radius 3 is 1.15 bits per heavy atom. The molecule has 0 fully saturated rings. The fourth-order valence-electron chi connectivity index (χ4n) is 6.96. The summed E-state index contributed by atoms with van der Waals surface area (Å²) < 4.78 is 1.11. The average Bonchev–Trinajstić information content (AvgIpc) is 3.18. The van der Waals surface area contributed by atoms with E-state index < -0.39 is 0 Å². The monoisotopic (exact) mass is 777 g/mol. The van der Waals surface area contributed by atoms with Crippen LogP contribution >= 0.6 is 15.9 Å². The molecule has 0 atom stereocenters. The highest BCUT2D eigenvalue weighted by molar-refractivity contribution is 9.10. The Bertz CT molecular complexity index is 2390. The van der Waals surface area contributed by atoms with Crippen LogP contribution < -0.4 is 5.73 Å². The van der Waals surface area contributed by atoms with E-state index in [9.17, 15) is 0 Å². The van der Waals surface area contributed by atoms with Crippen LogP contribution in [-0.2, 0) is 6.42 Å². The molecule has 0 aliphatic rings. The molecule has 8 aromatic rings. The van der Waals surface area contributed by atoms with E-state index in [-0.39, 0.29) is 0 Å². The highest BCUT2D eigenvalue weighted by atomic mass is 79.9. The summed E-state index contributed by atoms with van der Waals surface area (Å²) in [6.07, 6.45) is 0.967. The van der Waals surface area contributed by atoms with Crippen molar-refractivity contribution in [2.24, 2.45) is 0 Å².